The van der Waals surface area contributed by atoms with E-state index in [1.54, 1.807) is 24.1 Å². The maximum absolute atomic E-state index is 13.3. The zero-order valence-corrected chi connectivity index (χ0v) is 21.3. The molecule has 198 valence electrons. The van der Waals surface area contributed by atoms with Crippen LogP contribution in [-0.2, 0) is 15.8 Å². The van der Waals surface area contributed by atoms with Crippen molar-refractivity contribution in [3.8, 4) is 0 Å². The highest BCUT2D eigenvalue weighted by Crippen LogP contribution is 2.42. The monoisotopic (exact) mass is 535 g/mol. The van der Waals surface area contributed by atoms with Crippen LogP contribution in [0.2, 0.25) is 0 Å². The number of likely N-dealkylation sites (N-methyl/N-ethyl adjacent to an activating group) is 2. The molecule has 4 atom stereocenters. The van der Waals surface area contributed by atoms with E-state index in [-0.39, 0.29) is 23.8 Å². The van der Waals surface area contributed by atoms with E-state index in [0.29, 0.717) is 43.0 Å². The van der Waals surface area contributed by atoms with Crippen LogP contribution in [0, 0.1) is 11.8 Å². The van der Waals surface area contributed by atoms with Crippen molar-refractivity contribution in [3.05, 3.63) is 45.9 Å². The number of piperazine rings is 1. The molecule has 4 fully saturated rings. The Hall–Kier alpha value is -2.99. The van der Waals surface area contributed by atoms with Crippen molar-refractivity contribution in [2.75, 3.05) is 39.0 Å². The highest BCUT2D eigenvalue weighted by Gasteiger charge is 2.48. The van der Waals surface area contributed by atoms with Gasteiger partial charge in [-0.05, 0) is 49.9 Å². The van der Waals surface area contributed by atoms with E-state index in [1.165, 1.54) is 4.90 Å². The molecule has 6 rings (SSSR count). The van der Waals surface area contributed by atoms with E-state index >= 15 is 0 Å². The average Bonchev–Trinajstić information content (AvgIpc) is 3.38. The Morgan fingerprint density at radius 3 is 2.51 bits per heavy atom. The molecule has 12 heteroatoms. The minimum Gasteiger partial charge on any atom is -0.343 e. The lowest BCUT2D eigenvalue weighted by molar-refractivity contribution is -0.141. The van der Waals surface area contributed by atoms with E-state index in [2.05, 4.69) is 10.3 Å². The maximum atomic E-state index is 13.3. The van der Waals surface area contributed by atoms with Crippen molar-refractivity contribution in [3.63, 3.8) is 0 Å². The van der Waals surface area contributed by atoms with Crippen molar-refractivity contribution in [1.29, 1.82) is 0 Å². The highest BCUT2D eigenvalue weighted by molar-refractivity contribution is 7.11. The molecule has 2 bridgehead atoms. The number of thiazole rings is 1. The zero-order chi connectivity index (χ0) is 26.5. The second kappa shape index (κ2) is 9.71. The predicted molar refractivity (Wildman–Crippen MR) is 131 cm³/mol. The van der Waals surface area contributed by atoms with Gasteiger partial charge in [0.15, 0.2) is 5.69 Å². The van der Waals surface area contributed by atoms with Gasteiger partial charge >= 0.3 is 6.18 Å². The number of piperidine rings is 2. The lowest BCUT2D eigenvalue weighted by Crippen LogP contribution is -2.58. The molecule has 1 unspecified atom stereocenters. The number of nitrogens with zero attached hydrogens (tertiary/aromatic N) is 4. The van der Waals surface area contributed by atoms with Gasteiger partial charge in [0, 0.05) is 38.4 Å². The van der Waals surface area contributed by atoms with Crippen molar-refractivity contribution >= 4 is 34.7 Å². The first-order valence-corrected chi connectivity index (χ1v) is 13.1. The second-order valence-corrected chi connectivity index (χ2v) is 10.9. The van der Waals surface area contributed by atoms with Gasteiger partial charge in [-0.25, -0.2) is 4.98 Å². The molecule has 3 amide bonds. The Kier molecular flexibility index (Phi) is 6.73. The molecule has 2 aromatic rings. The molecular weight excluding hydrogens is 507 g/mol. The standard InChI is InChI=1S/C25H28F3N5O3S/c1-31-9-10-32(2)23(35)19(31)15-4-6-16(7-5-15)30-22(34)17-11-14-3-8-18(17)33(12-14)24(36)20-21(25(26,27)28)29-13-37-20/h4-7,13-14,17-19H,3,8-12H2,1-2H3,(H,30,34)/t14-,17-,18+,19?/m1/s1. The SMILES string of the molecule is CN1CCN(C)C(c2ccc(NC(=O)[C@@H]3C[C@H]4CC[C@@H]3N(C(=O)c3scnc3C(F)(F)F)C4)cc2)C1=O. The van der Waals surface area contributed by atoms with Crippen molar-refractivity contribution in [1.82, 2.24) is 19.7 Å². The van der Waals surface area contributed by atoms with E-state index in [0.717, 1.165) is 24.0 Å². The summed E-state index contributed by atoms with van der Waals surface area (Å²) in [6.07, 6.45) is -2.73. The van der Waals surface area contributed by atoms with E-state index in [9.17, 15) is 27.6 Å². The number of fused-ring (bicyclic) bond motifs is 3. The van der Waals surface area contributed by atoms with Gasteiger partial charge in [0.1, 0.15) is 10.9 Å². The van der Waals surface area contributed by atoms with Crippen LogP contribution in [-0.4, -0.2) is 77.2 Å². The minimum atomic E-state index is -4.71. The number of hydrogen-bond donors (Lipinski definition) is 1. The third kappa shape index (κ3) is 4.84. The maximum Gasteiger partial charge on any atom is 0.434 e. The molecule has 0 spiro atoms. The number of nitrogens with one attached hydrogen (secondary N) is 1. The largest absolute Gasteiger partial charge is 0.434 e. The topological polar surface area (TPSA) is 85.8 Å². The molecule has 8 nitrogen and oxygen atoms in total. The van der Waals surface area contributed by atoms with Gasteiger partial charge in [-0.3, -0.25) is 19.3 Å². The first-order chi connectivity index (χ1) is 17.5. The number of carbonyl (C=O) groups excluding carboxylic acids is 3. The fourth-order valence-electron chi connectivity index (χ4n) is 5.76. The summed E-state index contributed by atoms with van der Waals surface area (Å²) in [7, 11) is 3.68. The first-order valence-electron chi connectivity index (χ1n) is 12.2. The summed E-state index contributed by atoms with van der Waals surface area (Å²) in [5.41, 5.74) is 1.26. The smallest absolute Gasteiger partial charge is 0.343 e. The van der Waals surface area contributed by atoms with Crippen molar-refractivity contribution in [2.45, 2.75) is 37.5 Å². The fourth-order valence-corrected chi connectivity index (χ4v) is 6.53. The summed E-state index contributed by atoms with van der Waals surface area (Å²) in [6, 6.07) is 6.28. The van der Waals surface area contributed by atoms with Crippen LogP contribution in [0.15, 0.2) is 29.8 Å². The number of amides is 3. The summed E-state index contributed by atoms with van der Waals surface area (Å²) in [5, 5.41) is 2.91. The van der Waals surface area contributed by atoms with Crippen LogP contribution >= 0.6 is 11.3 Å². The zero-order valence-electron chi connectivity index (χ0n) is 20.5. The average molecular weight is 536 g/mol. The van der Waals surface area contributed by atoms with Crippen molar-refractivity contribution < 1.29 is 27.6 Å². The van der Waals surface area contributed by atoms with E-state index in [1.807, 2.05) is 24.1 Å². The molecule has 3 aliphatic heterocycles. The Morgan fingerprint density at radius 1 is 1.11 bits per heavy atom. The van der Waals surface area contributed by atoms with Gasteiger partial charge in [0.25, 0.3) is 5.91 Å². The number of alkyl halides is 3. The number of aromatic nitrogens is 1. The number of halogens is 3. The highest BCUT2D eigenvalue weighted by atomic mass is 32.1. The second-order valence-electron chi connectivity index (χ2n) is 10.1. The van der Waals surface area contributed by atoms with Crippen LogP contribution in [0.3, 0.4) is 0 Å². The van der Waals surface area contributed by atoms with Gasteiger partial charge in [0.2, 0.25) is 11.8 Å². The summed E-state index contributed by atoms with van der Waals surface area (Å²) in [5.74, 6) is -1.41. The van der Waals surface area contributed by atoms with Gasteiger partial charge in [0.05, 0.1) is 11.4 Å². The van der Waals surface area contributed by atoms with Crippen LogP contribution in [0.4, 0.5) is 18.9 Å². The van der Waals surface area contributed by atoms with E-state index in [4.69, 9.17) is 0 Å². The lowest BCUT2D eigenvalue weighted by atomic mass is 9.72. The van der Waals surface area contributed by atoms with Gasteiger partial charge in [-0.1, -0.05) is 12.1 Å². The number of benzene rings is 1. The third-order valence-electron chi connectivity index (χ3n) is 7.74. The molecule has 1 aliphatic carbocycles. The number of carbonyl (C=O) groups is 3. The van der Waals surface area contributed by atoms with Crippen LogP contribution in [0.1, 0.15) is 46.2 Å². The predicted octanol–water partition coefficient (Wildman–Crippen LogP) is 3.49. The van der Waals surface area contributed by atoms with Crippen LogP contribution in [0.25, 0.3) is 0 Å². The number of hydrogen-bond acceptors (Lipinski definition) is 6. The molecule has 1 N–H and O–H groups in total. The first kappa shape index (κ1) is 25.7. The Bertz CT molecular complexity index is 1200. The van der Waals surface area contributed by atoms with Gasteiger partial charge in [-0.2, -0.15) is 13.2 Å². The molecule has 4 heterocycles. The van der Waals surface area contributed by atoms with Gasteiger partial charge < -0.3 is 15.1 Å². The lowest BCUT2D eigenvalue weighted by Gasteiger charge is -2.49. The molecular formula is C25H28F3N5O3S. The Balaban J connectivity index is 1.29. The number of rotatable bonds is 4. The summed E-state index contributed by atoms with van der Waals surface area (Å²) >= 11 is 0.678. The Morgan fingerprint density at radius 2 is 1.84 bits per heavy atom. The van der Waals surface area contributed by atoms with Crippen LogP contribution in [0.5, 0.6) is 0 Å². The molecule has 0 radical (unpaired) electrons. The van der Waals surface area contributed by atoms with Crippen molar-refractivity contribution in [2.24, 2.45) is 11.8 Å². The summed E-state index contributed by atoms with van der Waals surface area (Å²) < 4.78 is 40.0. The Labute approximate surface area is 216 Å². The molecule has 1 aromatic carbocycles. The fraction of sp³-hybridized carbons (Fsp3) is 0.520. The molecule has 4 aliphatic rings. The van der Waals surface area contributed by atoms with E-state index < -0.39 is 34.6 Å². The molecule has 1 saturated carbocycles. The normalized spacial score (nSPS) is 26.5. The summed E-state index contributed by atoms with van der Waals surface area (Å²) in [4.78, 5) is 47.1. The quantitative estimate of drug-likeness (QED) is 0.648. The molecule has 37 heavy (non-hydrogen) atoms. The van der Waals surface area contributed by atoms with Gasteiger partial charge in [-0.15, -0.1) is 11.3 Å². The summed E-state index contributed by atoms with van der Waals surface area (Å²) in [6.45, 7) is 1.77. The minimum absolute atomic E-state index is 0.0168. The number of anilines is 1. The van der Waals surface area contributed by atoms with Crippen LogP contribution < -0.4 is 5.32 Å². The third-order valence-corrected chi connectivity index (χ3v) is 8.55. The molecule has 1 aromatic heterocycles. The molecule has 3 saturated heterocycles.